The van der Waals surface area contributed by atoms with Crippen molar-refractivity contribution >= 4 is 45.3 Å². The van der Waals surface area contributed by atoms with Crippen LogP contribution in [0, 0.1) is 35.0 Å². The van der Waals surface area contributed by atoms with Crippen LogP contribution in [-0.4, -0.2) is 52.6 Å². The van der Waals surface area contributed by atoms with Crippen LogP contribution in [0.15, 0.2) is 51.6 Å². The molecule has 8 rings (SSSR count). The van der Waals surface area contributed by atoms with Crippen molar-refractivity contribution in [3.63, 3.8) is 0 Å². The van der Waals surface area contributed by atoms with E-state index in [1.807, 2.05) is 27.7 Å². The van der Waals surface area contributed by atoms with Crippen molar-refractivity contribution in [2.24, 2.45) is 34.4 Å². The highest BCUT2D eigenvalue weighted by Crippen LogP contribution is 2.74. The summed E-state index contributed by atoms with van der Waals surface area (Å²) >= 11 is 3.52. The van der Waals surface area contributed by atoms with E-state index in [0.717, 1.165) is 35.1 Å². The fraction of sp³-hybridized carbons (Fsp3) is 0.535. The second kappa shape index (κ2) is 13.3. The van der Waals surface area contributed by atoms with Crippen molar-refractivity contribution < 1.29 is 33.3 Å². The number of amidine groups is 1. The minimum absolute atomic E-state index is 0.0547. The summed E-state index contributed by atoms with van der Waals surface area (Å²) in [6.45, 7) is 16.0. The Labute approximate surface area is 326 Å². The number of nitrogens with two attached hydrogens (primary N) is 1. The third-order valence-corrected chi connectivity index (χ3v) is 12.5. The standard InChI is InChI=1S/C43H50BrN3O7/c1-22(2)11-10-16-41(8)17-15-26-34(52-41)25(13-12-23(3)4)36-31(35(26)51-21-44)33-32-30(28(20-45)38(46)47-33)27-19-29-40(6,7)54-42(37(27)48,43(29,32)53-36)18-14-24(5)39(49)50-9/h11-12,14-15,17,27-30H,10,13,16,18-19,21H2,1-9H3,(H2,46,47). The van der Waals surface area contributed by atoms with Crippen molar-refractivity contribution in [1.82, 2.24) is 0 Å². The predicted molar refractivity (Wildman–Crippen MR) is 210 cm³/mol. The van der Waals surface area contributed by atoms with Gasteiger partial charge in [-0.25, -0.2) is 9.79 Å². The topological polar surface area (TPSA) is 142 Å². The number of rotatable bonds is 10. The molecular formula is C43H50BrN3O7. The van der Waals surface area contributed by atoms with Gasteiger partial charge in [0, 0.05) is 40.9 Å². The lowest BCUT2D eigenvalue weighted by Crippen LogP contribution is -2.75. The van der Waals surface area contributed by atoms with Gasteiger partial charge in [-0.1, -0.05) is 29.4 Å². The Morgan fingerprint density at radius 3 is 2.48 bits per heavy atom. The third kappa shape index (κ3) is 5.37. The van der Waals surface area contributed by atoms with Crippen LogP contribution in [0.2, 0.25) is 0 Å². The number of ketones is 1. The summed E-state index contributed by atoms with van der Waals surface area (Å²) < 4.78 is 33.3. The normalized spacial score (nSPS) is 31.9. The first-order chi connectivity index (χ1) is 25.5. The van der Waals surface area contributed by atoms with Crippen molar-refractivity contribution in [2.45, 2.75) is 110 Å². The highest BCUT2D eigenvalue weighted by Gasteiger charge is 2.84. The molecule has 1 saturated heterocycles. The number of aliphatic imine (C=N–C) groups is 1. The SMILES string of the molecule is COC(=O)C(C)=CCC12OC(C)(C)C3CC(C1=O)C1C4=C(N=C(N)C1C#N)c1c(OCBr)c5c(c(CC=C(C)C)c1OC432)OC(C)(CCC=C(C)C)C=C5. The molecule has 0 aromatic heterocycles. The lowest BCUT2D eigenvalue weighted by Gasteiger charge is -2.62. The lowest BCUT2D eigenvalue weighted by molar-refractivity contribution is -0.183. The molecule has 0 radical (unpaired) electrons. The number of fused-ring (bicyclic) bond motifs is 3. The number of carbonyl (C=O) groups is 2. The van der Waals surface area contributed by atoms with E-state index in [1.165, 1.54) is 12.7 Å². The Morgan fingerprint density at radius 1 is 1.11 bits per heavy atom. The number of ether oxygens (including phenoxy) is 5. The maximum absolute atomic E-state index is 15.2. The van der Waals surface area contributed by atoms with E-state index in [2.05, 4.69) is 67.1 Å². The van der Waals surface area contributed by atoms with Gasteiger partial charge in [-0.2, -0.15) is 5.26 Å². The first-order valence-corrected chi connectivity index (χ1v) is 19.9. The number of nitriles is 1. The number of halogens is 1. The fourth-order valence-corrected chi connectivity index (χ4v) is 10.2. The number of nitrogens with zero attached hydrogens (tertiary/aromatic N) is 2. The summed E-state index contributed by atoms with van der Waals surface area (Å²) in [5, 5.41) is 10.6. The number of methoxy groups -OCH3 is 1. The minimum atomic E-state index is -1.55. The smallest absolute Gasteiger partial charge is 0.333 e. The molecule has 2 N–H and O–H groups in total. The van der Waals surface area contributed by atoms with Crippen LogP contribution in [0.25, 0.3) is 11.8 Å². The molecule has 3 saturated carbocycles. The minimum Gasteiger partial charge on any atom is -0.482 e. The zero-order valence-electron chi connectivity index (χ0n) is 32.6. The Kier molecular flexibility index (Phi) is 9.37. The van der Waals surface area contributed by atoms with Crippen molar-refractivity contribution in [3.8, 4) is 23.3 Å². The Morgan fingerprint density at radius 2 is 1.83 bits per heavy atom. The van der Waals surface area contributed by atoms with Crippen molar-refractivity contribution in [3.05, 3.63) is 63.3 Å². The Bertz CT molecular complexity index is 2080. The fourth-order valence-electron chi connectivity index (χ4n) is 9.95. The summed E-state index contributed by atoms with van der Waals surface area (Å²) in [5.74, 6) is -1.19. The van der Waals surface area contributed by atoms with Crippen LogP contribution >= 0.6 is 15.9 Å². The molecule has 4 aliphatic heterocycles. The van der Waals surface area contributed by atoms with E-state index in [4.69, 9.17) is 34.4 Å². The average molecular weight is 801 g/mol. The summed E-state index contributed by atoms with van der Waals surface area (Å²) in [4.78, 5) is 33.0. The average Bonchev–Trinajstić information content (AvgIpc) is 3.25. The summed E-state index contributed by atoms with van der Waals surface area (Å²) in [5.41, 5.74) is 8.67. The van der Waals surface area contributed by atoms with Gasteiger partial charge in [0.1, 0.15) is 40.1 Å². The van der Waals surface area contributed by atoms with Gasteiger partial charge in [0.2, 0.25) is 0 Å². The molecule has 3 aliphatic carbocycles. The molecule has 54 heavy (non-hydrogen) atoms. The maximum Gasteiger partial charge on any atom is 0.333 e. The van der Waals surface area contributed by atoms with Gasteiger partial charge in [-0.05, 0) is 109 Å². The Hall–Kier alpha value is -4.14. The number of hydrogen-bond acceptors (Lipinski definition) is 10. The largest absolute Gasteiger partial charge is 0.482 e. The van der Waals surface area contributed by atoms with Crippen LogP contribution < -0.4 is 19.9 Å². The van der Waals surface area contributed by atoms with Crippen LogP contribution in [0.5, 0.6) is 17.2 Å². The third-order valence-electron chi connectivity index (χ3n) is 12.3. The van der Waals surface area contributed by atoms with Gasteiger partial charge < -0.3 is 29.4 Å². The number of carbonyl (C=O) groups excluding carboxylic acids is 2. The number of allylic oxidation sites excluding steroid dienone is 4. The zero-order chi connectivity index (χ0) is 39.1. The monoisotopic (exact) mass is 799 g/mol. The van der Waals surface area contributed by atoms with Crippen molar-refractivity contribution in [1.29, 1.82) is 5.26 Å². The molecule has 4 heterocycles. The second-order valence-corrected chi connectivity index (χ2v) is 17.2. The molecule has 4 fully saturated rings. The molecule has 1 spiro atoms. The quantitative estimate of drug-likeness (QED) is 0.108. The first-order valence-electron chi connectivity index (χ1n) is 18.7. The van der Waals surface area contributed by atoms with Gasteiger partial charge in [0.15, 0.2) is 17.0 Å². The number of alkyl halides is 1. The van der Waals surface area contributed by atoms with Crippen LogP contribution in [0.1, 0.15) is 97.8 Å². The molecule has 7 atom stereocenters. The number of esters is 1. The molecule has 0 amide bonds. The van der Waals surface area contributed by atoms with E-state index < -0.39 is 46.1 Å². The number of Topliss-reactive ketones (excluding diaryl/α,β-unsaturated/α-hetero) is 1. The highest BCUT2D eigenvalue weighted by molar-refractivity contribution is 9.09. The van der Waals surface area contributed by atoms with Gasteiger partial charge in [-0.15, -0.1) is 0 Å². The predicted octanol–water partition coefficient (Wildman–Crippen LogP) is 8.08. The highest BCUT2D eigenvalue weighted by atomic mass is 79.9. The van der Waals surface area contributed by atoms with Crippen LogP contribution in [0.4, 0.5) is 0 Å². The molecule has 10 nitrogen and oxygen atoms in total. The van der Waals surface area contributed by atoms with Crippen molar-refractivity contribution in [2.75, 3.05) is 12.6 Å². The van der Waals surface area contributed by atoms with Gasteiger partial charge in [0.25, 0.3) is 0 Å². The van der Waals surface area contributed by atoms with E-state index in [0.29, 0.717) is 46.9 Å². The molecule has 286 valence electrons. The molecule has 7 aliphatic rings. The van der Waals surface area contributed by atoms with Gasteiger partial charge in [0.05, 0.1) is 35.6 Å². The molecule has 1 aromatic rings. The summed E-state index contributed by atoms with van der Waals surface area (Å²) in [6, 6.07) is 2.40. The van der Waals surface area contributed by atoms with E-state index >= 15 is 4.79 Å². The molecule has 1 aromatic carbocycles. The van der Waals surface area contributed by atoms with Gasteiger partial charge >= 0.3 is 5.97 Å². The summed E-state index contributed by atoms with van der Waals surface area (Å²) in [6.07, 6.45) is 12.8. The number of benzene rings is 1. The molecule has 4 bridgehead atoms. The van der Waals surface area contributed by atoms with Gasteiger partial charge in [-0.3, -0.25) is 4.79 Å². The lowest BCUT2D eigenvalue weighted by atomic mass is 9.44. The maximum atomic E-state index is 15.2. The van der Waals surface area contributed by atoms with E-state index in [9.17, 15) is 10.1 Å². The second-order valence-electron chi connectivity index (χ2n) is 16.7. The zero-order valence-corrected chi connectivity index (χ0v) is 34.2. The van der Waals surface area contributed by atoms with Crippen LogP contribution in [-0.2, 0) is 25.5 Å². The molecular weight excluding hydrogens is 750 g/mol. The first kappa shape index (κ1) is 38.1. The molecule has 7 unspecified atom stereocenters. The van der Waals surface area contributed by atoms with Crippen LogP contribution in [0.3, 0.4) is 0 Å². The number of hydrogen-bond donors (Lipinski definition) is 1. The molecule has 11 heteroatoms. The van der Waals surface area contributed by atoms with E-state index in [1.54, 1.807) is 13.0 Å². The van der Waals surface area contributed by atoms with E-state index in [-0.39, 0.29) is 29.5 Å². The summed E-state index contributed by atoms with van der Waals surface area (Å²) in [7, 11) is 1.33. The Balaban J connectivity index is 1.57.